The van der Waals surface area contributed by atoms with E-state index < -0.39 is 0 Å². The molecule has 1 heterocycles. The highest BCUT2D eigenvalue weighted by Gasteiger charge is 2.40. The first kappa shape index (κ1) is 12.1. The van der Waals surface area contributed by atoms with Gasteiger partial charge in [-0.25, -0.2) is 0 Å². The van der Waals surface area contributed by atoms with E-state index >= 15 is 0 Å². The topological polar surface area (TPSA) is 12.0 Å². The summed E-state index contributed by atoms with van der Waals surface area (Å²) in [5.74, 6) is 0.728. The number of fused-ring (bicyclic) bond motifs is 1. The zero-order chi connectivity index (χ0) is 12.8. The van der Waals surface area contributed by atoms with Gasteiger partial charge in [0.1, 0.15) is 0 Å². The fraction of sp³-hybridized carbons (Fsp3) is 0.647. The summed E-state index contributed by atoms with van der Waals surface area (Å²) < 4.78 is 0. The molecule has 1 unspecified atom stereocenters. The smallest absolute Gasteiger partial charge is 0.0406 e. The molecule has 0 amide bonds. The Hall–Kier alpha value is -0.980. The third-order valence-electron chi connectivity index (χ3n) is 5.21. The van der Waals surface area contributed by atoms with Crippen molar-refractivity contribution in [1.82, 2.24) is 0 Å². The molecule has 0 aromatic heterocycles. The van der Waals surface area contributed by atoms with Crippen molar-refractivity contribution in [1.29, 1.82) is 0 Å². The van der Waals surface area contributed by atoms with Crippen LogP contribution in [0, 0.1) is 19.3 Å². The predicted octanol–water partition coefficient (Wildman–Crippen LogP) is 4.78. The Labute approximate surface area is 111 Å². The number of nitrogens with one attached hydrogen (secondary N) is 1. The molecule has 98 valence electrons. The van der Waals surface area contributed by atoms with E-state index in [4.69, 9.17) is 0 Å². The Morgan fingerprint density at radius 2 is 1.83 bits per heavy atom. The lowest BCUT2D eigenvalue weighted by molar-refractivity contribution is 0.177. The number of hydrogen-bond donors (Lipinski definition) is 1. The van der Waals surface area contributed by atoms with Crippen molar-refractivity contribution in [2.45, 2.75) is 58.8 Å². The van der Waals surface area contributed by atoms with Crippen LogP contribution in [0.15, 0.2) is 12.1 Å². The SMILES string of the molecule is Cc1cc(C)c2c(c1)C(C1(C)CCCCC1)CN2. The van der Waals surface area contributed by atoms with Gasteiger partial charge in [0.05, 0.1) is 0 Å². The summed E-state index contributed by atoms with van der Waals surface area (Å²) in [5.41, 5.74) is 6.39. The molecule has 1 aromatic rings. The molecule has 1 saturated carbocycles. The Balaban J connectivity index is 1.99. The van der Waals surface area contributed by atoms with Crippen molar-refractivity contribution in [3.05, 3.63) is 28.8 Å². The average molecular weight is 243 g/mol. The lowest BCUT2D eigenvalue weighted by Crippen LogP contribution is -2.29. The van der Waals surface area contributed by atoms with Gasteiger partial charge in [-0.15, -0.1) is 0 Å². The van der Waals surface area contributed by atoms with E-state index in [0.717, 1.165) is 12.5 Å². The van der Waals surface area contributed by atoms with Gasteiger partial charge in [0.25, 0.3) is 0 Å². The summed E-state index contributed by atoms with van der Waals surface area (Å²) in [6.45, 7) is 8.14. The van der Waals surface area contributed by atoms with Crippen molar-refractivity contribution in [3.63, 3.8) is 0 Å². The van der Waals surface area contributed by atoms with Crippen LogP contribution < -0.4 is 5.32 Å². The molecule has 2 aliphatic rings. The van der Waals surface area contributed by atoms with Gasteiger partial charge in [-0.1, -0.05) is 43.9 Å². The van der Waals surface area contributed by atoms with Crippen LogP contribution in [0.25, 0.3) is 0 Å². The Kier molecular flexibility index (Phi) is 2.88. The molecular weight excluding hydrogens is 218 g/mol. The van der Waals surface area contributed by atoms with Crippen LogP contribution in [-0.2, 0) is 0 Å². The lowest BCUT2D eigenvalue weighted by atomic mass is 9.65. The molecule has 1 aliphatic heterocycles. The Morgan fingerprint density at radius 3 is 2.56 bits per heavy atom. The van der Waals surface area contributed by atoms with Crippen LogP contribution in [0.4, 0.5) is 5.69 Å². The van der Waals surface area contributed by atoms with E-state index in [0.29, 0.717) is 5.41 Å². The maximum atomic E-state index is 3.67. The first-order valence-electron chi connectivity index (χ1n) is 7.45. The normalized spacial score (nSPS) is 25.6. The minimum atomic E-state index is 0.525. The molecule has 1 aromatic carbocycles. The summed E-state index contributed by atoms with van der Waals surface area (Å²) in [6, 6.07) is 4.73. The molecule has 1 heteroatoms. The van der Waals surface area contributed by atoms with Crippen LogP contribution in [0.2, 0.25) is 0 Å². The maximum absolute atomic E-state index is 3.67. The summed E-state index contributed by atoms with van der Waals surface area (Å²) >= 11 is 0. The quantitative estimate of drug-likeness (QED) is 0.748. The third kappa shape index (κ3) is 1.84. The highest BCUT2D eigenvalue weighted by molar-refractivity contribution is 5.64. The fourth-order valence-corrected chi connectivity index (χ4v) is 4.16. The van der Waals surface area contributed by atoms with E-state index in [1.54, 1.807) is 5.56 Å². The van der Waals surface area contributed by atoms with E-state index in [1.165, 1.54) is 48.9 Å². The minimum Gasteiger partial charge on any atom is -0.384 e. The highest BCUT2D eigenvalue weighted by Crippen LogP contribution is 2.51. The van der Waals surface area contributed by atoms with Crippen molar-refractivity contribution < 1.29 is 0 Å². The molecule has 3 rings (SSSR count). The minimum absolute atomic E-state index is 0.525. The largest absolute Gasteiger partial charge is 0.384 e. The standard InChI is InChI=1S/C17H25N/c1-12-9-13(2)16-14(10-12)15(11-18-16)17(3)7-5-4-6-8-17/h9-10,15,18H,4-8,11H2,1-3H3. The van der Waals surface area contributed by atoms with Crippen molar-refractivity contribution in [2.24, 2.45) is 5.41 Å². The number of anilines is 1. The monoisotopic (exact) mass is 243 g/mol. The molecule has 1 nitrogen and oxygen atoms in total. The summed E-state index contributed by atoms with van der Waals surface area (Å²) in [5, 5.41) is 3.67. The number of aryl methyl sites for hydroxylation is 2. The molecule has 1 atom stereocenters. The van der Waals surface area contributed by atoms with Crippen molar-refractivity contribution in [3.8, 4) is 0 Å². The maximum Gasteiger partial charge on any atom is 0.0406 e. The zero-order valence-electron chi connectivity index (χ0n) is 12.0. The summed E-state index contributed by atoms with van der Waals surface area (Å²) in [7, 11) is 0. The first-order valence-corrected chi connectivity index (χ1v) is 7.45. The van der Waals surface area contributed by atoms with Crippen LogP contribution in [0.3, 0.4) is 0 Å². The van der Waals surface area contributed by atoms with Crippen LogP contribution in [0.1, 0.15) is 61.6 Å². The van der Waals surface area contributed by atoms with Gasteiger partial charge in [-0.2, -0.15) is 0 Å². The first-order chi connectivity index (χ1) is 8.60. The molecule has 0 radical (unpaired) electrons. The van der Waals surface area contributed by atoms with Gasteiger partial charge >= 0.3 is 0 Å². The molecule has 18 heavy (non-hydrogen) atoms. The van der Waals surface area contributed by atoms with Crippen LogP contribution >= 0.6 is 0 Å². The van der Waals surface area contributed by atoms with Gasteiger partial charge in [0.2, 0.25) is 0 Å². The number of rotatable bonds is 1. The molecule has 0 saturated heterocycles. The van der Waals surface area contributed by atoms with Gasteiger partial charge in [0, 0.05) is 18.2 Å². The molecule has 0 spiro atoms. The summed E-state index contributed by atoms with van der Waals surface area (Å²) in [4.78, 5) is 0. The van der Waals surface area contributed by atoms with E-state index in [2.05, 4.69) is 38.2 Å². The fourth-order valence-electron chi connectivity index (χ4n) is 4.16. The highest BCUT2D eigenvalue weighted by atomic mass is 14.9. The van der Waals surface area contributed by atoms with Crippen LogP contribution in [0.5, 0.6) is 0 Å². The Bertz CT molecular complexity index is 455. The molecule has 1 N–H and O–H groups in total. The van der Waals surface area contributed by atoms with Crippen molar-refractivity contribution in [2.75, 3.05) is 11.9 Å². The second-order valence-electron chi connectivity index (χ2n) is 6.69. The molecule has 0 bridgehead atoms. The number of benzene rings is 1. The lowest BCUT2D eigenvalue weighted by Gasteiger charge is -2.39. The van der Waals surface area contributed by atoms with E-state index in [-0.39, 0.29) is 0 Å². The average Bonchev–Trinajstić information content (AvgIpc) is 2.74. The Morgan fingerprint density at radius 1 is 1.11 bits per heavy atom. The molecule has 1 aliphatic carbocycles. The van der Waals surface area contributed by atoms with E-state index in [9.17, 15) is 0 Å². The molecular formula is C17H25N. The second kappa shape index (κ2) is 4.29. The van der Waals surface area contributed by atoms with Gasteiger partial charge in [0.15, 0.2) is 0 Å². The zero-order valence-corrected chi connectivity index (χ0v) is 12.0. The van der Waals surface area contributed by atoms with E-state index in [1.807, 2.05) is 0 Å². The van der Waals surface area contributed by atoms with Gasteiger partial charge in [-0.3, -0.25) is 0 Å². The third-order valence-corrected chi connectivity index (χ3v) is 5.21. The van der Waals surface area contributed by atoms with Crippen LogP contribution in [-0.4, -0.2) is 6.54 Å². The molecule has 1 fully saturated rings. The van der Waals surface area contributed by atoms with Gasteiger partial charge < -0.3 is 5.32 Å². The van der Waals surface area contributed by atoms with Gasteiger partial charge in [-0.05, 0) is 43.2 Å². The summed E-state index contributed by atoms with van der Waals surface area (Å²) in [6.07, 6.45) is 7.10. The van der Waals surface area contributed by atoms with Crippen molar-refractivity contribution >= 4 is 5.69 Å². The predicted molar refractivity (Wildman–Crippen MR) is 78.3 cm³/mol. The number of hydrogen-bond acceptors (Lipinski definition) is 1. The second-order valence-corrected chi connectivity index (χ2v) is 6.69.